The highest BCUT2D eigenvalue weighted by atomic mass is 15.2. The predicted molar refractivity (Wildman–Crippen MR) is 354 cm³/mol. The highest BCUT2D eigenvalue weighted by molar-refractivity contribution is 7.00. The molecule has 0 amide bonds. The molecule has 84 heavy (non-hydrogen) atoms. The van der Waals surface area contributed by atoms with Crippen LogP contribution in [0.3, 0.4) is 0 Å². The first-order chi connectivity index (χ1) is 41.7. The number of anilines is 6. The maximum absolute atomic E-state index is 2.60. The van der Waals surface area contributed by atoms with E-state index in [0.29, 0.717) is 0 Å². The summed E-state index contributed by atoms with van der Waals surface area (Å²) in [5.41, 5.74) is 25.8. The van der Waals surface area contributed by atoms with Crippen LogP contribution in [-0.2, 0) is 0 Å². The Kier molecular flexibility index (Phi) is 10.1. The summed E-state index contributed by atoms with van der Waals surface area (Å²) in [5, 5.41) is 7.32. The minimum atomic E-state index is -0.0801. The van der Waals surface area contributed by atoms with Gasteiger partial charge in [-0.3, -0.25) is 0 Å². The van der Waals surface area contributed by atoms with Crippen LogP contribution in [0.4, 0.5) is 34.1 Å². The summed E-state index contributed by atoms with van der Waals surface area (Å²) >= 11 is 0. The van der Waals surface area contributed by atoms with E-state index in [0.717, 1.165) is 39.6 Å². The average Bonchev–Trinajstić information content (AvgIpc) is 1.48. The van der Waals surface area contributed by atoms with Crippen molar-refractivity contribution in [3.8, 4) is 39.3 Å². The number of fused-ring (bicyclic) bond motifs is 16. The number of rotatable bonds is 7. The molecule has 0 saturated heterocycles. The van der Waals surface area contributed by atoms with Crippen molar-refractivity contribution in [1.82, 2.24) is 13.7 Å². The fourth-order valence-corrected chi connectivity index (χ4v) is 14.6. The molecule has 0 fully saturated rings. The molecule has 0 aliphatic carbocycles. The quantitative estimate of drug-likeness (QED) is 0.148. The molecule has 2 aliphatic rings. The highest BCUT2D eigenvalue weighted by Crippen LogP contribution is 2.52. The number of nitrogens with zero attached hydrogens (tertiary/aromatic N) is 5. The minimum Gasteiger partial charge on any atom is -0.311 e. The van der Waals surface area contributed by atoms with E-state index in [1.807, 2.05) is 0 Å². The second kappa shape index (κ2) is 18.2. The summed E-state index contributed by atoms with van der Waals surface area (Å²) < 4.78 is 7.65. The largest absolute Gasteiger partial charge is 0.311 e. The van der Waals surface area contributed by atoms with Crippen LogP contribution in [-0.4, -0.2) is 20.4 Å². The van der Waals surface area contributed by atoms with Gasteiger partial charge in [0.25, 0.3) is 6.71 Å². The van der Waals surface area contributed by atoms with Gasteiger partial charge in [0.15, 0.2) is 0 Å². The van der Waals surface area contributed by atoms with Crippen LogP contribution in [0.2, 0.25) is 0 Å². The summed E-state index contributed by atoms with van der Waals surface area (Å²) in [6, 6.07) is 112. The van der Waals surface area contributed by atoms with Crippen LogP contribution in [0.15, 0.2) is 303 Å². The fourth-order valence-electron chi connectivity index (χ4n) is 14.6. The van der Waals surface area contributed by atoms with Crippen molar-refractivity contribution in [2.75, 3.05) is 9.80 Å². The monoisotopic (exact) mass is 1070 g/mol. The van der Waals surface area contributed by atoms with E-state index in [-0.39, 0.29) is 6.71 Å². The molecular weight excluding hydrogens is 1020 g/mol. The Balaban J connectivity index is 0.958. The third-order valence-corrected chi connectivity index (χ3v) is 17.9. The average molecular weight is 1070 g/mol. The Morgan fingerprint density at radius 2 is 0.595 bits per heavy atom. The molecule has 3 aromatic heterocycles. The van der Waals surface area contributed by atoms with Crippen molar-refractivity contribution in [3.63, 3.8) is 0 Å². The second-order valence-electron chi connectivity index (χ2n) is 22.3. The first-order valence-corrected chi connectivity index (χ1v) is 29.0. The van der Waals surface area contributed by atoms with Gasteiger partial charge in [-0.15, -0.1) is 0 Å². The summed E-state index contributed by atoms with van der Waals surface area (Å²) in [4.78, 5) is 5.06. The summed E-state index contributed by atoms with van der Waals surface area (Å²) in [6.07, 6.45) is 0. The van der Waals surface area contributed by atoms with Gasteiger partial charge in [-0.2, -0.15) is 0 Å². The van der Waals surface area contributed by atoms with E-state index < -0.39 is 0 Å². The van der Waals surface area contributed by atoms with E-state index in [4.69, 9.17) is 0 Å². The Morgan fingerprint density at radius 3 is 1.11 bits per heavy atom. The zero-order valence-electron chi connectivity index (χ0n) is 45.7. The van der Waals surface area contributed by atoms with Crippen LogP contribution in [0.25, 0.3) is 105 Å². The van der Waals surface area contributed by atoms with E-state index in [1.165, 1.54) is 116 Å². The number of hydrogen-bond donors (Lipinski definition) is 0. The van der Waals surface area contributed by atoms with Gasteiger partial charge in [0.1, 0.15) is 0 Å². The van der Waals surface area contributed by atoms with E-state index in [1.54, 1.807) is 0 Å². The molecule has 13 aromatic carbocycles. The lowest BCUT2D eigenvalue weighted by atomic mass is 9.33. The van der Waals surface area contributed by atoms with E-state index >= 15 is 0 Å². The van der Waals surface area contributed by atoms with Gasteiger partial charge in [0, 0.05) is 83.5 Å². The molecule has 0 unspecified atom stereocenters. The van der Waals surface area contributed by atoms with Crippen LogP contribution in [0.5, 0.6) is 0 Å². The first kappa shape index (κ1) is 46.7. The molecule has 0 spiro atoms. The van der Waals surface area contributed by atoms with Gasteiger partial charge < -0.3 is 23.5 Å². The number of aromatic nitrogens is 3. The zero-order valence-corrected chi connectivity index (χ0v) is 45.7. The van der Waals surface area contributed by atoms with Gasteiger partial charge in [-0.05, 0) is 136 Å². The lowest BCUT2D eigenvalue weighted by Gasteiger charge is -2.44. The second-order valence-corrected chi connectivity index (χ2v) is 22.3. The van der Waals surface area contributed by atoms with Crippen molar-refractivity contribution in [2.24, 2.45) is 0 Å². The molecule has 390 valence electrons. The predicted octanol–water partition coefficient (Wildman–Crippen LogP) is 18.4. The molecule has 16 aromatic rings. The van der Waals surface area contributed by atoms with Crippen molar-refractivity contribution >= 4 is 123 Å². The molecule has 0 radical (unpaired) electrons. The Hall–Kier alpha value is -11.1. The van der Waals surface area contributed by atoms with E-state index in [9.17, 15) is 0 Å². The highest BCUT2D eigenvalue weighted by Gasteiger charge is 2.44. The number of hydrogen-bond acceptors (Lipinski definition) is 2. The third-order valence-electron chi connectivity index (χ3n) is 17.9. The molecule has 0 atom stereocenters. The van der Waals surface area contributed by atoms with Gasteiger partial charge >= 0.3 is 0 Å². The molecule has 0 bridgehead atoms. The first-order valence-electron chi connectivity index (χ1n) is 29.0. The fraction of sp³-hybridized carbons (Fsp3) is 0. The van der Waals surface area contributed by atoms with E-state index in [2.05, 4.69) is 327 Å². The van der Waals surface area contributed by atoms with Gasteiger partial charge in [-0.25, -0.2) is 0 Å². The molecule has 0 saturated carbocycles. The molecule has 5 heterocycles. The zero-order chi connectivity index (χ0) is 55.0. The smallest absolute Gasteiger partial charge is 0.252 e. The summed E-state index contributed by atoms with van der Waals surface area (Å²) in [6.45, 7) is -0.0801. The van der Waals surface area contributed by atoms with Crippen molar-refractivity contribution in [2.45, 2.75) is 0 Å². The minimum absolute atomic E-state index is 0.0801. The van der Waals surface area contributed by atoms with Gasteiger partial charge in [0.2, 0.25) is 0 Å². The Labute approximate surface area is 486 Å². The molecule has 5 nitrogen and oxygen atoms in total. The Morgan fingerprint density at radius 1 is 0.226 bits per heavy atom. The normalized spacial score (nSPS) is 12.7. The number of para-hydroxylation sites is 6. The van der Waals surface area contributed by atoms with Crippen LogP contribution >= 0.6 is 0 Å². The van der Waals surface area contributed by atoms with Crippen molar-refractivity contribution < 1.29 is 0 Å². The molecule has 2 aliphatic heterocycles. The van der Waals surface area contributed by atoms with Crippen LogP contribution in [0.1, 0.15) is 0 Å². The van der Waals surface area contributed by atoms with Crippen LogP contribution < -0.4 is 26.2 Å². The van der Waals surface area contributed by atoms with Gasteiger partial charge in [0.05, 0.1) is 33.1 Å². The summed E-state index contributed by atoms with van der Waals surface area (Å²) in [5.74, 6) is 0. The van der Waals surface area contributed by atoms with Crippen molar-refractivity contribution in [1.29, 1.82) is 0 Å². The van der Waals surface area contributed by atoms with Crippen molar-refractivity contribution in [3.05, 3.63) is 303 Å². The lowest BCUT2D eigenvalue weighted by molar-refractivity contribution is 1.17. The molecular formula is C78H50BN5. The standard InChI is InChI=1S/C78H50BN5/c1-6-24-51(25-7-1)53-28-22-35-58(48-53)81-69-43-23-42-68-75(69)79(63-46-44-54(49-70(63)81)52-26-8-2-9-27-52)64-47-45-59(50-71(64)80(68)55-29-10-3-11-30-55)84-67-41-21-18-38-62(67)74-77-72(60-36-16-19-39-65(60)82(77)56-31-12-4-13-32-56)76-73(78(74)84)61-37-17-20-40-66(61)83(76)57-33-14-5-15-34-57/h1-50H. The third kappa shape index (κ3) is 6.68. The Bertz CT molecular complexity index is 5250. The maximum atomic E-state index is 2.60. The van der Waals surface area contributed by atoms with Crippen LogP contribution in [0, 0.1) is 0 Å². The van der Waals surface area contributed by atoms with Gasteiger partial charge in [-0.1, -0.05) is 206 Å². The number of benzene rings is 13. The maximum Gasteiger partial charge on any atom is 0.252 e. The molecule has 18 rings (SSSR count). The summed E-state index contributed by atoms with van der Waals surface area (Å²) in [7, 11) is 0. The topological polar surface area (TPSA) is 21.3 Å². The molecule has 0 N–H and O–H groups in total. The lowest BCUT2D eigenvalue weighted by Crippen LogP contribution is -2.61. The molecule has 6 heteroatoms. The SMILES string of the molecule is c1ccc(-c2cccc(N3c4cc(-c5ccccc5)ccc4B4c5ccc(-n6c7ccccc7c7c8c(c9ccccc9n8-c8ccccc8)c8c(c9ccccc9n8-c8ccccc8)c76)cc5N(c5ccccc5)c5cccc3c54)c2)cc1.